The van der Waals surface area contributed by atoms with Gasteiger partial charge in [0.25, 0.3) is 5.78 Å². The van der Waals surface area contributed by atoms with E-state index in [2.05, 4.69) is 11.6 Å². The third kappa shape index (κ3) is 5.14. The standard InChI is InChI=1S/C27H23ClN2O6S/c1-4-13-36-26(34)24-15(3)29-27(37-24)30-21(17-7-6-8-19(14-17)35-5-2)20(23(32)25(30)33)22(31)16-9-11-18(28)12-10-16/h4,6-12,14,21,31H,1,5,13H2,2-3H3/b22-20+. The second-order valence-electron chi connectivity index (χ2n) is 7.98. The third-order valence-electron chi connectivity index (χ3n) is 5.56. The van der Waals surface area contributed by atoms with E-state index in [-0.39, 0.29) is 27.9 Å². The molecule has 37 heavy (non-hydrogen) atoms. The molecule has 1 aliphatic rings. The molecule has 4 rings (SSSR count). The largest absolute Gasteiger partial charge is 0.507 e. The first-order valence-corrected chi connectivity index (χ1v) is 12.5. The Labute approximate surface area is 222 Å². The number of anilines is 1. The number of benzene rings is 2. The number of carbonyl (C=O) groups is 3. The van der Waals surface area contributed by atoms with Crippen LogP contribution >= 0.6 is 22.9 Å². The molecule has 190 valence electrons. The number of aryl methyl sites for hydroxylation is 1. The lowest BCUT2D eigenvalue weighted by Gasteiger charge is -2.23. The molecule has 0 aliphatic carbocycles. The Balaban J connectivity index is 1.89. The van der Waals surface area contributed by atoms with Crippen LogP contribution in [0.5, 0.6) is 5.75 Å². The van der Waals surface area contributed by atoms with E-state index in [0.29, 0.717) is 34.2 Å². The highest BCUT2D eigenvalue weighted by molar-refractivity contribution is 7.17. The van der Waals surface area contributed by atoms with Crippen LogP contribution in [0.2, 0.25) is 5.02 Å². The summed E-state index contributed by atoms with van der Waals surface area (Å²) in [4.78, 5) is 45.0. The van der Waals surface area contributed by atoms with E-state index < -0.39 is 23.7 Å². The maximum atomic E-state index is 13.4. The molecule has 0 spiro atoms. The van der Waals surface area contributed by atoms with Crippen molar-refractivity contribution in [3.05, 3.63) is 93.5 Å². The molecule has 0 bridgehead atoms. The van der Waals surface area contributed by atoms with Crippen LogP contribution in [-0.2, 0) is 14.3 Å². The fourth-order valence-corrected chi connectivity index (χ4v) is 5.04. The van der Waals surface area contributed by atoms with E-state index in [0.717, 1.165) is 11.3 Å². The van der Waals surface area contributed by atoms with Crippen molar-refractivity contribution in [1.29, 1.82) is 0 Å². The van der Waals surface area contributed by atoms with Gasteiger partial charge in [-0.1, -0.05) is 47.7 Å². The van der Waals surface area contributed by atoms with Crippen LogP contribution in [0.25, 0.3) is 5.76 Å². The van der Waals surface area contributed by atoms with Gasteiger partial charge in [0.2, 0.25) is 0 Å². The number of nitrogens with zero attached hydrogens (tertiary/aromatic N) is 2. The number of aromatic nitrogens is 1. The summed E-state index contributed by atoms with van der Waals surface area (Å²) < 4.78 is 10.8. The smallest absolute Gasteiger partial charge is 0.350 e. The fraction of sp³-hybridized carbons (Fsp3) is 0.185. The van der Waals surface area contributed by atoms with Gasteiger partial charge in [-0.3, -0.25) is 14.5 Å². The summed E-state index contributed by atoms with van der Waals surface area (Å²) in [6, 6.07) is 12.1. The monoisotopic (exact) mass is 538 g/mol. The predicted molar refractivity (Wildman–Crippen MR) is 141 cm³/mol. The van der Waals surface area contributed by atoms with Crippen LogP contribution in [0.1, 0.15) is 39.5 Å². The molecule has 0 radical (unpaired) electrons. The molecular weight excluding hydrogens is 516 g/mol. The molecule has 2 heterocycles. The second-order valence-corrected chi connectivity index (χ2v) is 9.39. The van der Waals surface area contributed by atoms with Crippen molar-refractivity contribution in [2.24, 2.45) is 0 Å². The average molecular weight is 539 g/mol. The number of halogens is 1. The number of hydrogen-bond donors (Lipinski definition) is 1. The highest BCUT2D eigenvalue weighted by atomic mass is 35.5. The van der Waals surface area contributed by atoms with Crippen LogP contribution in [0.15, 0.2) is 66.8 Å². The molecule has 1 N–H and O–H groups in total. The van der Waals surface area contributed by atoms with Gasteiger partial charge in [-0.25, -0.2) is 9.78 Å². The molecular formula is C27H23ClN2O6S. The molecule has 1 fully saturated rings. The molecule has 1 atom stereocenters. The number of hydrogen-bond acceptors (Lipinski definition) is 8. The average Bonchev–Trinajstić information content (AvgIpc) is 3.39. The zero-order valence-electron chi connectivity index (χ0n) is 20.1. The Kier molecular flexibility index (Phi) is 7.75. The summed E-state index contributed by atoms with van der Waals surface area (Å²) >= 11 is 6.91. The minimum Gasteiger partial charge on any atom is -0.507 e. The quantitative estimate of drug-likeness (QED) is 0.133. The Hall–Kier alpha value is -3.95. The highest BCUT2D eigenvalue weighted by Gasteiger charge is 2.48. The van der Waals surface area contributed by atoms with Gasteiger partial charge in [0.1, 0.15) is 23.0 Å². The maximum absolute atomic E-state index is 13.4. The number of ketones is 1. The molecule has 10 heteroatoms. The van der Waals surface area contributed by atoms with Gasteiger partial charge in [-0.15, -0.1) is 0 Å². The summed E-state index contributed by atoms with van der Waals surface area (Å²) in [5.41, 5.74) is 1.06. The zero-order valence-corrected chi connectivity index (χ0v) is 21.6. The molecule has 1 unspecified atom stereocenters. The van der Waals surface area contributed by atoms with Crippen LogP contribution in [0.3, 0.4) is 0 Å². The van der Waals surface area contributed by atoms with E-state index in [1.807, 2.05) is 6.92 Å². The molecule has 3 aromatic rings. The molecule has 1 amide bonds. The van der Waals surface area contributed by atoms with Gasteiger partial charge in [0.05, 0.1) is 23.9 Å². The van der Waals surface area contributed by atoms with E-state index in [1.54, 1.807) is 55.5 Å². The van der Waals surface area contributed by atoms with Crippen molar-refractivity contribution in [2.45, 2.75) is 19.9 Å². The first-order chi connectivity index (χ1) is 17.8. The first-order valence-electron chi connectivity index (χ1n) is 11.3. The van der Waals surface area contributed by atoms with Gasteiger partial charge >= 0.3 is 11.9 Å². The van der Waals surface area contributed by atoms with Gasteiger partial charge in [0, 0.05) is 10.6 Å². The first kappa shape index (κ1) is 26.1. The molecule has 1 aromatic heterocycles. The summed E-state index contributed by atoms with van der Waals surface area (Å²) in [7, 11) is 0. The minimum atomic E-state index is -1.03. The predicted octanol–water partition coefficient (Wildman–Crippen LogP) is 5.47. The number of aliphatic hydroxyl groups is 1. The lowest BCUT2D eigenvalue weighted by atomic mass is 9.95. The van der Waals surface area contributed by atoms with Gasteiger partial charge < -0.3 is 14.6 Å². The Morgan fingerprint density at radius 3 is 2.65 bits per heavy atom. The number of aliphatic hydroxyl groups excluding tert-OH is 1. The second kappa shape index (κ2) is 11.0. The SMILES string of the molecule is C=CCOC(=O)c1sc(N2C(=O)C(=O)/C(=C(/O)c3ccc(Cl)cc3)C2c2cccc(OCC)c2)nc1C. The van der Waals surface area contributed by atoms with Crippen molar-refractivity contribution in [1.82, 2.24) is 4.98 Å². The third-order valence-corrected chi connectivity index (χ3v) is 6.94. The topological polar surface area (TPSA) is 106 Å². The molecule has 1 aliphatic heterocycles. The number of esters is 1. The lowest BCUT2D eigenvalue weighted by molar-refractivity contribution is -0.132. The Bertz CT molecular complexity index is 1410. The van der Waals surface area contributed by atoms with Gasteiger partial charge in [-0.2, -0.15) is 0 Å². The van der Waals surface area contributed by atoms with E-state index in [1.165, 1.54) is 11.0 Å². The van der Waals surface area contributed by atoms with E-state index in [4.69, 9.17) is 21.1 Å². The van der Waals surface area contributed by atoms with E-state index in [9.17, 15) is 19.5 Å². The number of ether oxygens (including phenoxy) is 2. The highest BCUT2D eigenvalue weighted by Crippen LogP contribution is 2.44. The van der Waals surface area contributed by atoms with Gasteiger partial charge in [-0.05, 0) is 55.8 Å². The molecule has 1 saturated heterocycles. The number of carbonyl (C=O) groups excluding carboxylic acids is 3. The van der Waals surface area contributed by atoms with Crippen LogP contribution in [0.4, 0.5) is 5.13 Å². The minimum absolute atomic E-state index is 0.0152. The molecule has 2 aromatic carbocycles. The number of thiazole rings is 1. The summed E-state index contributed by atoms with van der Waals surface area (Å²) in [5, 5.41) is 11.8. The van der Waals surface area contributed by atoms with Crippen molar-refractivity contribution in [3.8, 4) is 5.75 Å². The van der Waals surface area contributed by atoms with Crippen LogP contribution in [0, 0.1) is 6.92 Å². The van der Waals surface area contributed by atoms with Crippen LogP contribution < -0.4 is 9.64 Å². The number of Topliss-reactive ketones (excluding diaryl/α,β-unsaturated/α-hetero) is 1. The van der Waals surface area contributed by atoms with Crippen molar-refractivity contribution >= 4 is 51.5 Å². The van der Waals surface area contributed by atoms with E-state index >= 15 is 0 Å². The zero-order chi connectivity index (χ0) is 26.7. The number of rotatable bonds is 8. The Morgan fingerprint density at radius 2 is 1.97 bits per heavy atom. The summed E-state index contributed by atoms with van der Waals surface area (Å²) in [6.45, 7) is 7.40. The number of amides is 1. The maximum Gasteiger partial charge on any atom is 0.350 e. The van der Waals surface area contributed by atoms with Gasteiger partial charge in [0.15, 0.2) is 5.13 Å². The molecule has 0 saturated carbocycles. The van der Waals surface area contributed by atoms with Crippen molar-refractivity contribution in [2.75, 3.05) is 18.1 Å². The van der Waals surface area contributed by atoms with Crippen LogP contribution in [-0.4, -0.2) is 41.0 Å². The Morgan fingerprint density at radius 1 is 1.24 bits per heavy atom. The lowest BCUT2D eigenvalue weighted by Crippen LogP contribution is -2.29. The molecule has 8 nitrogen and oxygen atoms in total. The van der Waals surface area contributed by atoms with Crippen molar-refractivity contribution in [3.63, 3.8) is 0 Å². The normalized spacial score (nSPS) is 16.6. The summed E-state index contributed by atoms with van der Waals surface area (Å²) in [5.74, 6) is -2.22. The fourth-order valence-electron chi connectivity index (χ4n) is 3.92. The van der Waals surface area contributed by atoms with Crippen molar-refractivity contribution < 1.29 is 29.0 Å². The summed E-state index contributed by atoms with van der Waals surface area (Å²) in [6.07, 6.45) is 1.44.